The summed E-state index contributed by atoms with van der Waals surface area (Å²) >= 11 is 0. The highest BCUT2D eigenvalue weighted by atomic mass is 16.5. The van der Waals surface area contributed by atoms with Crippen LogP contribution in [0.15, 0.2) is 30.0 Å². The van der Waals surface area contributed by atoms with Crippen LogP contribution in [0.25, 0.3) is 0 Å². The van der Waals surface area contributed by atoms with Crippen molar-refractivity contribution in [2.75, 3.05) is 18.5 Å². The zero-order chi connectivity index (χ0) is 12.4. The summed E-state index contributed by atoms with van der Waals surface area (Å²) in [6.45, 7) is 1.75. The number of anilines is 1. The lowest BCUT2D eigenvalue weighted by Gasteiger charge is -2.19. The summed E-state index contributed by atoms with van der Waals surface area (Å²) in [5.74, 6) is 0.114. The Balaban J connectivity index is 1.87. The highest BCUT2D eigenvalue weighted by Gasteiger charge is 2.17. The molecule has 3 nitrogen and oxygen atoms in total. The van der Waals surface area contributed by atoms with Crippen LogP contribution in [0.3, 0.4) is 0 Å². The Kier molecular flexibility index (Phi) is 3.05. The van der Waals surface area contributed by atoms with Crippen molar-refractivity contribution in [1.29, 1.82) is 0 Å². The third-order valence-corrected chi connectivity index (χ3v) is 3.53. The maximum atomic E-state index is 12.3. The van der Waals surface area contributed by atoms with Crippen molar-refractivity contribution in [1.82, 2.24) is 0 Å². The van der Waals surface area contributed by atoms with E-state index in [0.29, 0.717) is 0 Å². The van der Waals surface area contributed by atoms with E-state index in [2.05, 4.69) is 5.32 Å². The number of allylic oxidation sites excluding steroid dienone is 1. The van der Waals surface area contributed by atoms with E-state index in [1.54, 1.807) is 6.26 Å². The standard InChI is InChI=1S/C15H17NO2/c17-15(13-4-2-8-18-10-13)12-5-6-14-11(9-12)3-1-7-16-14/h5-6,9-10,16H,1-4,7-8H2. The maximum Gasteiger partial charge on any atom is 0.192 e. The average molecular weight is 243 g/mol. The normalized spacial score (nSPS) is 18.1. The molecule has 18 heavy (non-hydrogen) atoms. The first kappa shape index (κ1) is 11.3. The zero-order valence-electron chi connectivity index (χ0n) is 10.4. The Morgan fingerprint density at radius 3 is 3.00 bits per heavy atom. The second-order valence-corrected chi connectivity index (χ2v) is 4.85. The molecule has 1 N–H and O–H groups in total. The number of rotatable bonds is 2. The van der Waals surface area contributed by atoms with E-state index in [-0.39, 0.29) is 5.78 Å². The van der Waals surface area contributed by atoms with Gasteiger partial charge in [-0.1, -0.05) is 0 Å². The van der Waals surface area contributed by atoms with Gasteiger partial charge in [0.2, 0.25) is 0 Å². The second-order valence-electron chi connectivity index (χ2n) is 4.85. The van der Waals surface area contributed by atoms with Gasteiger partial charge in [0.15, 0.2) is 5.78 Å². The van der Waals surface area contributed by atoms with E-state index in [1.807, 2.05) is 18.2 Å². The van der Waals surface area contributed by atoms with Crippen LogP contribution in [0, 0.1) is 0 Å². The zero-order valence-corrected chi connectivity index (χ0v) is 10.4. The molecule has 0 bridgehead atoms. The van der Waals surface area contributed by atoms with Crippen LogP contribution in [0.5, 0.6) is 0 Å². The smallest absolute Gasteiger partial charge is 0.192 e. The van der Waals surface area contributed by atoms with Crippen molar-refractivity contribution in [3.05, 3.63) is 41.2 Å². The number of ketones is 1. The minimum absolute atomic E-state index is 0.114. The number of carbonyl (C=O) groups excluding carboxylic acids is 1. The minimum atomic E-state index is 0.114. The van der Waals surface area contributed by atoms with Crippen LogP contribution < -0.4 is 5.32 Å². The molecule has 0 aliphatic carbocycles. The highest BCUT2D eigenvalue weighted by Crippen LogP contribution is 2.25. The fourth-order valence-electron chi connectivity index (χ4n) is 2.53. The Labute approximate surface area is 107 Å². The number of nitrogens with one attached hydrogen (secondary N) is 1. The van der Waals surface area contributed by atoms with Gasteiger partial charge >= 0.3 is 0 Å². The summed E-state index contributed by atoms with van der Waals surface area (Å²) in [6, 6.07) is 5.96. The molecule has 0 atom stereocenters. The van der Waals surface area contributed by atoms with Gasteiger partial charge in [0.25, 0.3) is 0 Å². The first-order valence-electron chi connectivity index (χ1n) is 6.57. The molecule has 3 rings (SSSR count). The first-order chi connectivity index (χ1) is 8.84. The Morgan fingerprint density at radius 1 is 1.22 bits per heavy atom. The molecule has 0 amide bonds. The molecule has 0 spiro atoms. The Bertz CT molecular complexity index is 505. The predicted molar refractivity (Wildman–Crippen MR) is 70.9 cm³/mol. The second kappa shape index (κ2) is 4.84. The molecule has 3 heteroatoms. The third kappa shape index (κ3) is 2.13. The SMILES string of the molecule is O=C(C1=COCCC1)c1ccc2c(c1)CCCN2. The largest absolute Gasteiger partial charge is 0.501 e. The van der Waals surface area contributed by atoms with Crippen LogP contribution in [-0.4, -0.2) is 18.9 Å². The minimum Gasteiger partial charge on any atom is -0.501 e. The lowest BCUT2D eigenvalue weighted by Crippen LogP contribution is -2.14. The summed E-state index contributed by atoms with van der Waals surface area (Å²) in [7, 11) is 0. The third-order valence-electron chi connectivity index (χ3n) is 3.53. The fraction of sp³-hybridized carbons (Fsp3) is 0.400. The van der Waals surface area contributed by atoms with Crippen LogP contribution in [-0.2, 0) is 11.2 Å². The van der Waals surface area contributed by atoms with E-state index >= 15 is 0 Å². The molecule has 0 fully saturated rings. The number of ether oxygens (including phenoxy) is 1. The number of fused-ring (bicyclic) bond motifs is 1. The van der Waals surface area contributed by atoms with Gasteiger partial charge in [-0.2, -0.15) is 0 Å². The lowest BCUT2D eigenvalue weighted by atomic mass is 9.95. The van der Waals surface area contributed by atoms with Gasteiger partial charge in [-0.15, -0.1) is 0 Å². The van der Waals surface area contributed by atoms with Gasteiger partial charge in [-0.25, -0.2) is 0 Å². The van der Waals surface area contributed by atoms with Crippen molar-refractivity contribution in [2.24, 2.45) is 0 Å². The van der Waals surface area contributed by atoms with Gasteiger partial charge < -0.3 is 10.1 Å². The number of carbonyl (C=O) groups is 1. The van der Waals surface area contributed by atoms with Crippen LogP contribution >= 0.6 is 0 Å². The first-order valence-corrected chi connectivity index (χ1v) is 6.57. The molecule has 1 aromatic carbocycles. The maximum absolute atomic E-state index is 12.3. The molecule has 94 valence electrons. The topological polar surface area (TPSA) is 38.3 Å². The van der Waals surface area contributed by atoms with Crippen molar-refractivity contribution >= 4 is 11.5 Å². The molecule has 2 heterocycles. The molecular formula is C15H17NO2. The Morgan fingerprint density at radius 2 is 2.17 bits per heavy atom. The summed E-state index contributed by atoms with van der Waals surface area (Å²) in [5.41, 5.74) is 4.01. The summed E-state index contributed by atoms with van der Waals surface area (Å²) in [6.07, 6.45) is 5.58. The molecule has 2 aliphatic heterocycles. The summed E-state index contributed by atoms with van der Waals surface area (Å²) < 4.78 is 5.24. The van der Waals surface area contributed by atoms with Crippen molar-refractivity contribution < 1.29 is 9.53 Å². The number of hydrogen-bond donors (Lipinski definition) is 1. The monoisotopic (exact) mass is 243 g/mol. The molecular weight excluding hydrogens is 226 g/mol. The van der Waals surface area contributed by atoms with Crippen molar-refractivity contribution in [3.63, 3.8) is 0 Å². The van der Waals surface area contributed by atoms with Crippen LogP contribution in [0.1, 0.15) is 35.2 Å². The quantitative estimate of drug-likeness (QED) is 0.812. The van der Waals surface area contributed by atoms with E-state index in [4.69, 9.17) is 4.74 Å². The van der Waals surface area contributed by atoms with E-state index < -0.39 is 0 Å². The van der Waals surface area contributed by atoms with Gasteiger partial charge in [0.05, 0.1) is 12.9 Å². The molecule has 1 aromatic rings. The van der Waals surface area contributed by atoms with Gasteiger partial charge in [0.1, 0.15) is 0 Å². The fourth-order valence-corrected chi connectivity index (χ4v) is 2.53. The van der Waals surface area contributed by atoms with Crippen LogP contribution in [0.4, 0.5) is 5.69 Å². The van der Waals surface area contributed by atoms with E-state index in [0.717, 1.165) is 50.0 Å². The number of Topliss-reactive ketones (excluding diaryl/α,β-unsaturated/α-hetero) is 1. The molecule has 2 aliphatic rings. The number of hydrogen-bond acceptors (Lipinski definition) is 3. The Hall–Kier alpha value is -1.77. The average Bonchev–Trinajstić information content (AvgIpc) is 2.47. The molecule has 0 saturated heterocycles. The number of benzene rings is 1. The molecule has 0 saturated carbocycles. The highest BCUT2D eigenvalue weighted by molar-refractivity contribution is 6.08. The van der Waals surface area contributed by atoms with Gasteiger partial charge in [-0.05, 0) is 49.4 Å². The summed E-state index contributed by atoms with van der Waals surface area (Å²) in [4.78, 5) is 12.3. The van der Waals surface area contributed by atoms with Gasteiger partial charge in [0, 0.05) is 23.4 Å². The van der Waals surface area contributed by atoms with Crippen molar-refractivity contribution in [2.45, 2.75) is 25.7 Å². The lowest BCUT2D eigenvalue weighted by molar-refractivity contribution is 0.101. The predicted octanol–water partition coefficient (Wildman–Crippen LogP) is 2.92. The van der Waals surface area contributed by atoms with Gasteiger partial charge in [-0.3, -0.25) is 4.79 Å². The number of aryl methyl sites for hydroxylation is 1. The molecule has 0 unspecified atom stereocenters. The summed E-state index contributed by atoms with van der Waals surface area (Å²) in [5, 5.41) is 3.36. The van der Waals surface area contributed by atoms with Crippen molar-refractivity contribution in [3.8, 4) is 0 Å². The van der Waals surface area contributed by atoms with Crippen LogP contribution in [0.2, 0.25) is 0 Å². The van der Waals surface area contributed by atoms with E-state index in [1.165, 1.54) is 11.3 Å². The van der Waals surface area contributed by atoms with E-state index in [9.17, 15) is 4.79 Å². The molecule has 0 aromatic heterocycles. The molecule has 0 radical (unpaired) electrons.